The summed E-state index contributed by atoms with van der Waals surface area (Å²) in [6.07, 6.45) is 0.824. The van der Waals surface area contributed by atoms with E-state index in [0.29, 0.717) is 23.7 Å². The first-order valence-electron chi connectivity index (χ1n) is 9.63. The van der Waals surface area contributed by atoms with Gasteiger partial charge < -0.3 is 25.0 Å². The summed E-state index contributed by atoms with van der Waals surface area (Å²) in [5.41, 5.74) is 2.62. The fraction of sp³-hybridized carbons (Fsp3) is 0.364. The molecule has 7 nitrogen and oxygen atoms in total. The zero-order valence-electron chi connectivity index (χ0n) is 17.2. The summed E-state index contributed by atoms with van der Waals surface area (Å²) < 4.78 is 10.5. The number of carbonyl (C=O) groups is 2. The first kappa shape index (κ1) is 20.5. The second-order valence-electron chi connectivity index (χ2n) is 7.26. The summed E-state index contributed by atoms with van der Waals surface area (Å²) in [6, 6.07) is 11.9. The smallest absolute Gasteiger partial charge is 0.319 e. The number of nitrogens with zero attached hydrogens (tertiary/aromatic N) is 1. The lowest BCUT2D eigenvalue weighted by molar-refractivity contribution is -0.121. The highest BCUT2D eigenvalue weighted by Crippen LogP contribution is 2.30. The molecule has 2 N–H and O–H groups in total. The van der Waals surface area contributed by atoms with Gasteiger partial charge in [0, 0.05) is 24.0 Å². The molecule has 2 aromatic rings. The number of methoxy groups -OCH3 is 2. The van der Waals surface area contributed by atoms with E-state index in [4.69, 9.17) is 9.47 Å². The molecule has 3 rings (SSSR count). The summed E-state index contributed by atoms with van der Waals surface area (Å²) in [5.74, 6) is 0.913. The summed E-state index contributed by atoms with van der Waals surface area (Å²) in [5, 5.41) is 5.59. The molecule has 0 radical (unpaired) electrons. The van der Waals surface area contributed by atoms with E-state index in [9.17, 15) is 9.59 Å². The molecule has 0 fully saturated rings. The van der Waals surface area contributed by atoms with Crippen LogP contribution in [0, 0.1) is 5.92 Å². The van der Waals surface area contributed by atoms with Gasteiger partial charge in [0.05, 0.1) is 14.2 Å². The van der Waals surface area contributed by atoms with Gasteiger partial charge >= 0.3 is 6.03 Å². The number of hydrogen-bond acceptors (Lipinski definition) is 4. The third-order valence-corrected chi connectivity index (χ3v) is 5.01. The van der Waals surface area contributed by atoms with Crippen molar-refractivity contribution in [3.63, 3.8) is 0 Å². The van der Waals surface area contributed by atoms with Crippen LogP contribution in [0.4, 0.5) is 16.2 Å². The molecule has 0 unspecified atom stereocenters. The van der Waals surface area contributed by atoms with Crippen molar-refractivity contribution < 1.29 is 19.1 Å². The molecule has 0 aromatic heterocycles. The maximum atomic E-state index is 13.2. The predicted molar refractivity (Wildman–Crippen MR) is 113 cm³/mol. The van der Waals surface area contributed by atoms with Crippen LogP contribution in [-0.4, -0.2) is 38.7 Å². The van der Waals surface area contributed by atoms with Gasteiger partial charge in [-0.05, 0) is 36.1 Å². The fourth-order valence-electron chi connectivity index (χ4n) is 3.47. The van der Waals surface area contributed by atoms with Gasteiger partial charge in [-0.1, -0.05) is 32.0 Å². The molecule has 1 aliphatic rings. The van der Waals surface area contributed by atoms with Crippen molar-refractivity contribution in [2.45, 2.75) is 26.3 Å². The Balaban J connectivity index is 1.71. The van der Waals surface area contributed by atoms with Gasteiger partial charge in [-0.2, -0.15) is 0 Å². The largest absolute Gasteiger partial charge is 0.493 e. The van der Waals surface area contributed by atoms with E-state index in [1.807, 2.05) is 38.1 Å². The maximum absolute atomic E-state index is 13.2. The number of fused-ring (bicyclic) bond motifs is 1. The normalized spacial score (nSPS) is 13.6. The maximum Gasteiger partial charge on any atom is 0.319 e. The lowest BCUT2D eigenvalue weighted by Gasteiger charge is -2.27. The van der Waals surface area contributed by atoms with Crippen molar-refractivity contribution in [1.82, 2.24) is 5.32 Å². The highest BCUT2D eigenvalue weighted by Gasteiger charge is 2.32. The van der Waals surface area contributed by atoms with E-state index >= 15 is 0 Å². The second-order valence-corrected chi connectivity index (χ2v) is 7.26. The van der Waals surface area contributed by atoms with Crippen LogP contribution in [0.25, 0.3) is 0 Å². The SMILES string of the molecule is COc1ccc(NC(=O)N[C@H](C(=O)N2CCc3ccccc32)C(C)C)cc1OC. The first-order chi connectivity index (χ1) is 13.9. The molecule has 0 saturated carbocycles. The Morgan fingerprint density at radius 1 is 1.03 bits per heavy atom. The summed E-state index contributed by atoms with van der Waals surface area (Å²) in [4.78, 5) is 27.5. The summed E-state index contributed by atoms with van der Waals surface area (Å²) in [7, 11) is 3.08. The van der Waals surface area contributed by atoms with Crippen LogP contribution < -0.4 is 25.0 Å². The standard InChI is InChI=1S/C22H27N3O4/c1-14(2)20(21(26)25-12-11-15-7-5-6-8-17(15)25)24-22(27)23-16-9-10-18(28-3)19(13-16)29-4/h5-10,13-14,20H,11-12H2,1-4H3,(H2,23,24,27)/t20-/m0/s1. The van der Waals surface area contributed by atoms with Gasteiger partial charge in [-0.15, -0.1) is 0 Å². The average molecular weight is 397 g/mol. The number of ether oxygens (including phenoxy) is 2. The highest BCUT2D eigenvalue weighted by molar-refractivity contribution is 6.02. The van der Waals surface area contributed by atoms with E-state index in [-0.39, 0.29) is 11.8 Å². The number of urea groups is 1. The quantitative estimate of drug-likeness (QED) is 0.783. The molecule has 29 heavy (non-hydrogen) atoms. The predicted octanol–water partition coefficient (Wildman–Crippen LogP) is 3.44. The van der Waals surface area contributed by atoms with Crippen molar-refractivity contribution >= 4 is 23.3 Å². The minimum absolute atomic E-state index is 0.0635. The number of rotatable bonds is 6. The lowest BCUT2D eigenvalue weighted by atomic mass is 10.0. The van der Waals surface area contributed by atoms with Crippen LogP contribution in [0.1, 0.15) is 19.4 Å². The first-order valence-corrected chi connectivity index (χ1v) is 9.63. The van der Waals surface area contributed by atoms with Gasteiger partial charge in [-0.3, -0.25) is 4.79 Å². The Labute approximate surface area is 171 Å². The van der Waals surface area contributed by atoms with Gasteiger partial charge in [0.2, 0.25) is 5.91 Å². The van der Waals surface area contributed by atoms with Gasteiger partial charge in [0.1, 0.15) is 6.04 Å². The molecule has 1 atom stereocenters. The molecule has 1 heterocycles. The Bertz CT molecular complexity index is 897. The number of nitrogens with one attached hydrogen (secondary N) is 2. The molecule has 3 amide bonds. The number of hydrogen-bond donors (Lipinski definition) is 2. The van der Waals surface area contributed by atoms with E-state index in [0.717, 1.165) is 17.7 Å². The number of benzene rings is 2. The summed E-state index contributed by atoms with van der Waals surface area (Å²) in [6.45, 7) is 4.46. The molecule has 0 saturated heterocycles. The number of para-hydroxylation sites is 1. The Morgan fingerprint density at radius 3 is 2.45 bits per heavy atom. The number of amides is 3. The fourth-order valence-corrected chi connectivity index (χ4v) is 3.47. The average Bonchev–Trinajstić information content (AvgIpc) is 3.15. The number of carbonyl (C=O) groups excluding carboxylic acids is 2. The zero-order chi connectivity index (χ0) is 21.0. The second kappa shape index (κ2) is 8.86. The van der Waals surface area contributed by atoms with Gasteiger partial charge in [-0.25, -0.2) is 4.79 Å². The van der Waals surface area contributed by atoms with Crippen LogP contribution in [-0.2, 0) is 11.2 Å². The van der Waals surface area contributed by atoms with E-state index in [1.165, 1.54) is 7.11 Å². The van der Waals surface area contributed by atoms with Crippen LogP contribution in [0.5, 0.6) is 11.5 Å². The van der Waals surface area contributed by atoms with Crippen molar-refractivity contribution in [3.8, 4) is 11.5 Å². The Morgan fingerprint density at radius 2 is 1.76 bits per heavy atom. The van der Waals surface area contributed by atoms with Crippen molar-refractivity contribution in [2.75, 3.05) is 31.0 Å². The van der Waals surface area contributed by atoms with E-state index in [1.54, 1.807) is 30.2 Å². The minimum atomic E-state index is -0.638. The Kier molecular flexibility index (Phi) is 6.26. The third-order valence-electron chi connectivity index (χ3n) is 5.01. The van der Waals surface area contributed by atoms with Crippen LogP contribution >= 0.6 is 0 Å². The van der Waals surface area contributed by atoms with E-state index < -0.39 is 12.1 Å². The molecule has 0 aliphatic carbocycles. The number of anilines is 2. The summed E-state index contributed by atoms with van der Waals surface area (Å²) >= 11 is 0. The zero-order valence-corrected chi connectivity index (χ0v) is 17.2. The molecular formula is C22H27N3O4. The van der Waals surface area contributed by atoms with E-state index in [2.05, 4.69) is 10.6 Å². The topological polar surface area (TPSA) is 79.9 Å². The molecule has 154 valence electrons. The van der Waals surface area contributed by atoms with Crippen LogP contribution in [0.15, 0.2) is 42.5 Å². The van der Waals surface area contributed by atoms with Crippen molar-refractivity contribution in [1.29, 1.82) is 0 Å². The molecule has 0 bridgehead atoms. The molecule has 7 heteroatoms. The monoisotopic (exact) mass is 397 g/mol. The Hall–Kier alpha value is -3.22. The molecule has 1 aliphatic heterocycles. The molecule has 0 spiro atoms. The van der Waals surface area contributed by atoms with Gasteiger partial charge in [0.25, 0.3) is 0 Å². The van der Waals surface area contributed by atoms with Crippen LogP contribution in [0.3, 0.4) is 0 Å². The lowest BCUT2D eigenvalue weighted by Crippen LogP contribution is -2.52. The molecule has 2 aromatic carbocycles. The highest BCUT2D eigenvalue weighted by atomic mass is 16.5. The van der Waals surface area contributed by atoms with Crippen molar-refractivity contribution in [3.05, 3.63) is 48.0 Å². The minimum Gasteiger partial charge on any atom is -0.493 e. The van der Waals surface area contributed by atoms with Gasteiger partial charge in [0.15, 0.2) is 11.5 Å². The van der Waals surface area contributed by atoms with Crippen molar-refractivity contribution in [2.24, 2.45) is 5.92 Å². The van der Waals surface area contributed by atoms with Crippen LogP contribution in [0.2, 0.25) is 0 Å². The third kappa shape index (κ3) is 4.45. The molecular weight excluding hydrogens is 370 g/mol.